The van der Waals surface area contributed by atoms with Crippen LogP contribution in [0.2, 0.25) is 0 Å². The van der Waals surface area contributed by atoms with E-state index < -0.39 is 5.60 Å². The Bertz CT molecular complexity index is 528. The fraction of sp³-hybridized carbons (Fsp3) is 0.684. The van der Waals surface area contributed by atoms with Crippen molar-refractivity contribution in [2.24, 2.45) is 4.99 Å². The summed E-state index contributed by atoms with van der Waals surface area (Å²) in [6, 6.07) is 6.44. The summed E-state index contributed by atoms with van der Waals surface area (Å²) in [6.45, 7) is 9.30. The van der Waals surface area contributed by atoms with Crippen LogP contribution in [-0.4, -0.2) is 53.9 Å². The lowest BCUT2D eigenvalue weighted by Crippen LogP contribution is -2.49. The standard InChI is InChI=1S/C19H33N5O.HI/c1-4-19(25,5-2)15-22-18(20-6-3)23-16-10-13-24(14-11-16)17-9-7-8-12-21-17;/h7-9,12,16,25H,4-6,10-11,13-15H2,1-3H3,(H2,20,22,23);1H. The molecular weight excluding hydrogens is 441 g/mol. The van der Waals surface area contributed by atoms with Crippen LogP contribution < -0.4 is 15.5 Å². The molecule has 1 aromatic heterocycles. The molecule has 0 aromatic carbocycles. The van der Waals surface area contributed by atoms with Gasteiger partial charge < -0.3 is 20.6 Å². The molecule has 26 heavy (non-hydrogen) atoms. The van der Waals surface area contributed by atoms with Crippen LogP contribution in [0.1, 0.15) is 46.5 Å². The number of rotatable bonds is 7. The van der Waals surface area contributed by atoms with Crippen molar-refractivity contribution in [3.63, 3.8) is 0 Å². The van der Waals surface area contributed by atoms with E-state index in [1.807, 2.05) is 32.2 Å². The van der Waals surface area contributed by atoms with Crippen LogP contribution in [0, 0.1) is 0 Å². The normalized spacial score (nSPS) is 16.2. The maximum absolute atomic E-state index is 10.4. The average Bonchev–Trinajstić information content (AvgIpc) is 2.67. The number of hydrogen-bond donors (Lipinski definition) is 3. The molecule has 148 valence electrons. The quantitative estimate of drug-likeness (QED) is 0.322. The van der Waals surface area contributed by atoms with Crippen molar-refractivity contribution < 1.29 is 5.11 Å². The summed E-state index contributed by atoms with van der Waals surface area (Å²) < 4.78 is 0. The summed E-state index contributed by atoms with van der Waals surface area (Å²) in [5, 5.41) is 17.3. The number of piperidine rings is 1. The Labute approximate surface area is 174 Å². The number of aliphatic hydroxyl groups is 1. The lowest BCUT2D eigenvalue weighted by atomic mass is 9.98. The highest BCUT2D eigenvalue weighted by Gasteiger charge is 2.23. The molecule has 0 aliphatic carbocycles. The van der Waals surface area contributed by atoms with Crippen molar-refractivity contribution in [2.75, 3.05) is 31.1 Å². The number of hydrogen-bond acceptors (Lipinski definition) is 4. The van der Waals surface area contributed by atoms with Gasteiger partial charge in [0.15, 0.2) is 5.96 Å². The van der Waals surface area contributed by atoms with Crippen molar-refractivity contribution in [1.29, 1.82) is 0 Å². The predicted octanol–water partition coefficient (Wildman–Crippen LogP) is 2.77. The molecule has 0 saturated carbocycles. The van der Waals surface area contributed by atoms with E-state index in [4.69, 9.17) is 0 Å². The van der Waals surface area contributed by atoms with Crippen molar-refractivity contribution in [3.05, 3.63) is 24.4 Å². The van der Waals surface area contributed by atoms with Crippen LogP contribution in [0.4, 0.5) is 5.82 Å². The second kappa shape index (κ2) is 11.6. The predicted molar refractivity (Wildman–Crippen MR) is 120 cm³/mol. The maximum atomic E-state index is 10.4. The van der Waals surface area contributed by atoms with Gasteiger partial charge in [0.1, 0.15) is 5.82 Å². The molecule has 0 bridgehead atoms. The van der Waals surface area contributed by atoms with Gasteiger partial charge in [0, 0.05) is 31.9 Å². The third kappa shape index (κ3) is 6.90. The van der Waals surface area contributed by atoms with Crippen LogP contribution in [0.5, 0.6) is 0 Å². The number of anilines is 1. The first kappa shape index (κ1) is 23.0. The van der Waals surface area contributed by atoms with E-state index in [1.165, 1.54) is 0 Å². The Kier molecular flexibility index (Phi) is 10.2. The Morgan fingerprint density at radius 2 is 1.96 bits per heavy atom. The first-order valence-electron chi connectivity index (χ1n) is 9.53. The molecule has 2 rings (SSSR count). The summed E-state index contributed by atoms with van der Waals surface area (Å²) >= 11 is 0. The zero-order valence-electron chi connectivity index (χ0n) is 16.2. The molecule has 1 aliphatic heterocycles. The number of pyridine rings is 1. The van der Waals surface area contributed by atoms with Gasteiger partial charge in [0.25, 0.3) is 0 Å². The molecular formula is C19H34IN5O. The molecule has 0 radical (unpaired) electrons. The smallest absolute Gasteiger partial charge is 0.191 e. The van der Waals surface area contributed by atoms with Gasteiger partial charge in [-0.15, -0.1) is 24.0 Å². The van der Waals surface area contributed by atoms with E-state index >= 15 is 0 Å². The number of halogens is 1. The van der Waals surface area contributed by atoms with E-state index in [0.717, 1.165) is 57.1 Å². The molecule has 0 atom stereocenters. The Morgan fingerprint density at radius 3 is 2.50 bits per heavy atom. The fourth-order valence-electron chi connectivity index (χ4n) is 3.01. The average molecular weight is 475 g/mol. The van der Waals surface area contributed by atoms with Gasteiger partial charge in [-0.25, -0.2) is 4.98 Å². The zero-order valence-corrected chi connectivity index (χ0v) is 18.6. The maximum Gasteiger partial charge on any atom is 0.191 e. The molecule has 1 aromatic rings. The monoisotopic (exact) mass is 475 g/mol. The van der Waals surface area contributed by atoms with Crippen molar-refractivity contribution in [2.45, 2.75) is 58.1 Å². The Hall–Kier alpha value is -1.09. The Morgan fingerprint density at radius 1 is 1.27 bits per heavy atom. The molecule has 3 N–H and O–H groups in total. The molecule has 0 spiro atoms. The first-order chi connectivity index (χ1) is 12.1. The summed E-state index contributed by atoms with van der Waals surface area (Å²) in [4.78, 5) is 11.4. The molecule has 1 aliphatic rings. The number of nitrogens with one attached hydrogen (secondary N) is 2. The first-order valence-corrected chi connectivity index (χ1v) is 9.53. The van der Waals surface area contributed by atoms with Gasteiger partial charge >= 0.3 is 0 Å². The van der Waals surface area contributed by atoms with Crippen LogP contribution in [0.3, 0.4) is 0 Å². The van der Waals surface area contributed by atoms with Crippen molar-refractivity contribution >= 4 is 35.8 Å². The zero-order chi connectivity index (χ0) is 18.1. The van der Waals surface area contributed by atoms with Crippen LogP contribution in [0.15, 0.2) is 29.4 Å². The number of guanidine groups is 1. The molecule has 0 amide bonds. The summed E-state index contributed by atoms with van der Waals surface area (Å²) in [5.74, 6) is 1.86. The second-order valence-corrected chi connectivity index (χ2v) is 6.72. The minimum Gasteiger partial charge on any atom is -0.388 e. The van der Waals surface area contributed by atoms with E-state index in [0.29, 0.717) is 12.6 Å². The molecule has 7 heteroatoms. The SMILES string of the molecule is CCNC(=NCC(O)(CC)CC)NC1CCN(c2ccccn2)CC1.I. The van der Waals surface area contributed by atoms with Crippen molar-refractivity contribution in [1.82, 2.24) is 15.6 Å². The van der Waals surface area contributed by atoms with E-state index in [1.54, 1.807) is 0 Å². The minimum absolute atomic E-state index is 0. The topological polar surface area (TPSA) is 72.8 Å². The lowest BCUT2D eigenvalue weighted by molar-refractivity contribution is 0.0417. The van der Waals surface area contributed by atoms with Gasteiger partial charge in [-0.05, 0) is 44.7 Å². The molecule has 1 saturated heterocycles. The lowest BCUT2D eigenvalue weighted by Gasteiger charge is -2.34. The van der Waals surface area contributed by atoms with Gasteiger partial charge in [-0.3, -0.25) is 4.99 Å². The molecule has 6 nitrogen and oxygen atoms in total. The number of aromatic nitrogens is 1. The third-order valence-electron chi connectivity index (χ3n) is 5.00. The highest BCUT2D eigenvalue weighted by Crippen LogP contribution is 2.17. The largest absolute Gasteiger partial charge is 0.388 e. The Balaban J connectivity index is 0.00000338. The molecule has 2 heterocycles. The van der Waals surface area contributed by atoms with E-state index in [9.17, 15) is 5.11 Å². The third-order valence-corrected chi connectivity index (χ3v) is 5.00. The van der Waals surface area contributed by atoms with E-state index in [2.05, 4.69) is 38.5 Å². The minimum atomic E-state index is -0.704. The highest BCUT2D eigenvalue weighted by atomic mass is 127. The van der Waals surface area contributed by atoms with Crippen LogP contribution in [0.25, 0.3) is 0 Å². The summed E-state index contributed by atoms with van der Waals surface area (Å²) in [6.07, 6.45) is 5.38. The van der Waals surface area contributed by atoms with E-state index in [-0.39, 0.29) is 24.0 Å². The number of nitrogens with zero attached hydrogens (tertiary/aromatic N) is 3. The van der Waals surface area contributed by atoms with Crippen LogP contribution in [-0.2, 0) is 0 Å². The van der Waals surface area contributed by atoms with Gasteiger partial charge in [0.2, 0.25) is 0 Å². The second-order valence-electron chi connectivity index (χ2n) is 6.72. The molecule has 1 fully saturated rings. The van der Waals surface area contributed by atoms with Gasteiger partial charge in [-0.2, -0.15) is 0 Å². The summed E-state index contributed by atoms with van der Waals surface area (Å²) in [5.41, 5.74) is -0.704. The number of aliphatic imine (C=N–C) groups is 1. The van der Waals surface area contributed by atoms with Crippen molar-refractivity contribution in [3.8, 4) is 0 Å². The highest BCUT2D eigenvalue weighted by molar-refractivity contribution is 14.0. The fourth-order valence-corrected chi connectivity index (χ4v) is 3.01. The summed E-state index contributed by atoms with van der Waals surface area (Å²) in [7, 11) is 0. The van der Waals surface area contributed by atoms with Gasteiger partial charge in [-0.1, -0.05) is 19.9 Å². The van der Waals surface area contributed by atoms with Crippen LogP contribution >= 0.6 is 24.0 Å². The molecule has 0 unspecified atom stereocenters. The van der Waals surface area contributed by atoms with Gasteiger partial charge in [0.05, 0.1) is 12.1 Å².